The second kappa shape index (κ2) is 7.91. The second-order valence-electron chi connectivity index (χ2n) is 5.20. The molecule has 13 heteroatoms. The number of benzene rings is 1. The molecule has 0 aliphatic rings. The third-order valence-electron chi connectivity index (χ3n) is 3.39. The van der Waals surface area contributed by atoms with Crippen LogP contribution in [-0.4, -0.2) is 26.0 Å². The van der Waals surface area contributed by atoms with Crippen molar-refractivity contribution in [1.29, 1.82) is 0 Å². The lowest BCUT2D eigenvalue weighted by Gasteiger charge is -2.15. The number of aromatic nitrogens is 2. The van der Waals surface area contributed by atoms with Crippen LogP contribution in [0.3, 0.4) is 0 Å². The van der Waals surface area contributed by atoms with Gasteiger partial charge in [-0.3, -0.25) is 14.9 Å². The van der Waals surface area contributed by atoms with E-state index in [1.54, 1.807) is 6.92 Å². The maximum Gasteiger partial charge on any atom is 0.416 e. The van der Waals surface area contributed by atoms with E-state index < -0.39 is 49.5 Å². The number of rotatable bonds is 5. The van der Waals surface area contributed by atoms with E-state index in [1.165, 1.54) is 0 Å². The maximum atomic E-state index is 12.9. The number of alkyl halides is 4. The van der Waals surface area contributed by atoms with E-state index in [0.29, 0.717) is 12.1 Å². The van der Waals surface area contributed by atoms with Crippen molar-refractivity contribution in [3.05, 3.63) is 44.1 Å². The molecule has 0 fully saturated rings. The average molecular weight is 446 g/mol. The van der Waals surface area contributed by atoms with Crippen molar-refractivity contribution in [2.24, 2.45) is 0 Å². The minimum absolute atomic E-state index is 0.233. The van der Waals surface area contributed by atoms with Crippen molar-refractivity contribution in [3.63, 3.8) is 0 Å². The lowest BCUT2D eigenvalue weighted by molar-refractivity contribution is -0.384. The Kier molecular flexibility index (Phi) is 6.23. The molecule has 0 aliphatic carbocycles. The number of carbonyl (C=O) groups is 1. The van der Waals surface area contributed by atoms with Crippen molar-refractivity contribution in [2.75, 3.05) is 5.32 Å². The lowest BCUT2D eigenvalue weighted by Crippen LogP contribution is -2.24. The van der Waals surface area contributed by atoms with Crippen molar-refractivity contribution < 1.29 is 22.9 Å². The third-order valence-corrected chi connectivity index (χ3v) is 4.47. The summed E-state index contributed by atoms with van der Waals surface area (Å²) in [5.41, 5.74) is -1.99. The standard InChI is InChI=1S/C14H10Cl3F3N4O3/c1-2-7(15)13(25)22-12-10(24(26)27)5-21-23(12)11-8(16)3-6(4-9(11)17)14(18,19)20/h3-5,7H,2H2,1H3,(H,22,25). The van der Waals surface area contributed by atoms with Gasteiger partial charge in [0, 0.05) is 0 Å². The molecule has 2 aromatic rings. The molecule has 1 N–H and O–H groups in total. The van der Waals surface area contributed by atoms with Gasteiger partial charge in [-0.05, 0) is 18.6 Å². The van der Waals surface area contributed by atoms with E-state index >= 15 is 0 Å². The van der Waals surface area contributed by atoms with Crippen molar-refractivity contribution in [3.8, 4) is 5.69 Å². The van der Waals surface area contributed by atoms with Crippen molar-refractivity contribution in [2.45, 2.75) is 24.9 Å². The summed E-state index contributed by atoms with van der Waals surface area (Å²) >= 11 is 17.6. The first kappa shape index (κ1) is 21.3. The van der Waals surface area contributed by atoms with Crippen LogP contribution in [0, 0.1) is 10.1 Å². The minimum Gasteiger partial charge on any atom is -0.304 e. The van der Waals surface area contributed by atoms with Gasteiger partial charge in [0.1, 0.15) is 17.3 Å². The van der Waals surface area contributed by atoms with E-state index in [1.807, 2.05) is 0 Å². The van der Waals surface area contributed by atoms with Gasteiger partial charge in [-0.25, -0.2) is 4.68 Å². The Labute approximate surface area is 165 Å². The summed E-state index contributed by atoms with van der Waals surface area (Å²) in [6.07, 6.45) is -3.67. The first-order chi connectivity index (χ1) is 12.5. The Hall–Kier alpha value is -2.04. The van der Waals surface area contributed by atoms with Crippen LogP contribution in [0.1, 0.15) is 18.9 Å². The molecule has 0 radical (unpaired) electrons. The molecule has 1 heterocycles. The van der Waals surface area contributed by atoms with Crippen molar-refractivity contribution in [1.82, 2.24) is 9.78 Å². The molecule has 27 heavy (non-hydrogen) atoms. The van der Waals surface area contributed by atoms with Crippen LogP contribution < -0.4 is 5.32 Å². The van der Waals surface area contributed by atoms with Crippen LogP contribution in [-0.2, 0) is 11.0 Å². The molecule has 1 atom stereocenters. The first-order valence-electron chi connectivity index (χ1n) is 7.21. The minimum atomic E-state index is -4.70. The fourth-order valence-electron chi connectivity index (χ4n) is 2.07. The van der Waals surface area contributed by atoms with Gasteiger partial charge in [0.2, 0.25) is 11.7 Å². The van der Waals surface area contributed by atoms with Crippen LogP contribution in [0.5, 0.6) is 0 Å². The number of carbonyl (C=O) groups excluding carboxylic acids is 1. The largest absolute Gasteiger partial charge is 0.416 e. The van der Waals surface area contributed by atoms with E-state index in [2.05, 4.69) is 10.4 Å². The molecule has 7 nitrogen and oxygen atoms in total. The maximum absolute atomic E-state index is 12.9. The number of amides is 1. The summed E-state index contributed by atoms with van der Waals surface area (Å²) in [5.74, 6) is -1.20. The van der Waals surface area contributed by atoms with Crippen LogP contribution in [0.15, 0.2) is 18.3 Å². The zero-order chi connectivity index (χ0) is 20.5. The first-order valence-corrected chi connectivity index (χ1v) is 8.40. The quantitative estimate of drug-likeness (QED) is 0.396. The summed E-state index contributed by atoms with van der Waals surface area (Å²) in [5, 5.41) is 15.2. The Morgan fingerprint density at radius 2 is 1.93 bits per heavy atom. The van der Waals surface area contributed by atoms with E-state index in [4.69, 9.17) is 34.8 Å². The van der Waals surface area contributed by atoms with Gasteiger partial charge in [-0.1, -0.05) is 30.1 Å². The molecule has 1 aromatic heterocycles. The normalized spacial score (nSPS) is 12.7. The molecule has 1 unspecified atom stereocenters. The van der Waals surface area contributed by atoms with E-state index in [9.17, 15) is 28.1 Å². The number of hydrogen-bond donors (Lipinski definition) is 1. The fraction of sp³-hybridized carbons (Fsp3) is 0.286. The molecule has 0 saturated heterocycles. The molecule has 0 saturated carbocycles. The number of nitrogens with one attached hydrogen (secondary N) is 1. The predicted molar refractivity (Wildman–Crippen MR) is 93.8 cm³/mol. The van der Waals surface area contributed by atoms with Gasteiger partial charge in [0.05, 0.1) is 20.5 Å². The molecule has 146 valence electrons. The predicted octanol–water partition coefficient (Wildman–Crippen LogP) is 5.06. The summed E-state index contributed by atoms with van der Waals surface area (Å²) in [7, 11) is 0. The summed E-state index contributed by atoms with van der Waals surface area (Å²) in [6, 6.07) is 1.19. The highest BCUT2D eigenvalue weighted by molar-refractivity contribution is 6.38. The zero-order valence-electron chi connectivity index (χ0n) is 13.4. The Morgan fingerprint density at radius 3 is 2.37 bits per heavy atom. The smallest absolute Gasteiger partial charge is 0.304 e. The SMILES string of the molecule is CCC(Cl)C(=O)Nc1c([N+](=O)[O-])cnn1-c1c(Cl)cc(C(F)(F)F)cc1Cl. The van der Waals surface area contributed by atoms with Gasteiger partial charge >= 0.3 is 11.9 Å². The highest BCUT2D eigenvalue weighted by atomic mass is 35.5. The lowest BCUT2D eigenvalue weighted by atomic mass is 10.2. The molecule has 0 aliphatic heterocycles. The number of nitro groups is 1. The van der Waals surface area contributed by atoms with Crippen LogP contribution >= 0.6 is 34.8 Å². The van der Waals surface area contributed by atoms with Gasteiger partial charge in [0.15, 0.2) is 0 Å². The molecule has 0 bridgehead atoms. The number of hydrogen-bond acceptors (Lipinski definition) is 4. The third kappa shape index (κ3) is 4.45. The molecule has 0 spiro atoms. The number of halogens is 6. The molecule has 1 amide bonds. The Bertz CT molecular complexity index is 878. The van der Waals surface area contributed by atoms with Crippen molar-refractivity contribution >= 4 is 52.2 Å². The molecular formula is C14H10Cl3F3N4O3. The average Bonchev–Trinajstić information content (AvgIpc) is 2.96. The number of anilines is 1. The van der Waals surface area contributed by atoms with E-state index in [0.717, 1.165) is 10.9 Å². The topological polar surface area (TPSA) is 90.1 Å². The second-order valence-corrected chi connectivity index (χ2v) is 6.54. The van der Waals surface area contributed by atoms with Gasteiger partial charge in [-0.2, -0.15) is 18.3 Å². The highest BCUT2D eigenvalue weighted by Gasteiger charge is 2.33. The van der Waals surface area contributed by atoms with Crippen LogP contribution in [0.2, 0.25) is 10.0 Å². The molecule has 1 aromatic carbocycles. The summed E-state index contributed by atoms with van der Waals surface area (Å²) < 4.78 is 39.4. The number of nitrogens with zero attached hydrogens (tertiary/aromatic N) is 3. The Morgan fingerprint density at radius 1 is 1.37 bits per heavy atom. The van der Waals surface area contributed by atoms with Crippen LogP contribution in [0.25, 0.3) is 5.69 Å². The Balaban J connectivity index is 2.63. The molecule has 2 rings (SSSR count). The summed E-state index contributed by atoms with van der Waals surface area (Å²) in [4.78, 5) is 22.4. The van der Waals surface area contributed by atoms with Gasteiger partial charge in [0.25, 0.3) is 0 Å². The zero-order valence-corrected chi connectivity index (χ0v) is 15.6. The van der Waals surface area contributed by atoms with Gasteiger partial charge < -0.3 is 5.32 Å². The van der Waals surface area contributed by atoms with Gasteiger partial charge in [-0.15, -0.1) is 11.6 Å². The monoisotopic (exact) mass is 444 g/mol. The molecular weight excluding hydrogens is 436 g/mol. The van der Waals surface area contributed by atoms with E-state index in [-0.39, 0.29) is 12.1 Å². The highest BCUT2D eigenvalue weighted by Crippen LogP contribution is 2.39. The van der Waals surface area contributed by atoms with Crippen LogP contribution in [0.4, 0.5) is 24.7 Å². The summed E-state index contributed by atoms with van der Waals surface area (Å²) in [6.45, 7) is 1.62. The fourth-order valence-corrected chi connectivity index (χ4v) is 2.77.